The second kappa shape index (κ2) is 17.0. The first-order chi connectivity index (χ1) is 25.4. The summed E-state index contributed by atoms with van der Waals surface area (Å²) >= 11 is 0. The predicted molar refractivity (Wildman–Crippen MR) is 182 cm³/mol. The molecule has 1 aromatic heterocycles. The number of aryl methyl sites for hydroxylation is 2. The SMILES string of the molecule is Cc1cc(F)cc2c1-c1cc(c(F)c(C(F)(F)F)c1)[C@H](CC(=O)O)NC(=O)[C@@H](n1cc(CCN3CCOCC3)c(C(F)(F)F)cc1=O)CCCCCCC2. The summed E-state index contributed by atoms with van der Waals surface area (Å²) < 4.78 is 122. The van der Waals surface area contributed by atoms with E-state index in [2.05, 4.69) is 5.32 Å². The molecule has 3 heterocycles. The molecule has 16 heteroatoms. The summed E-state index contributed by atoms with van der Waals surface area (Å²) in [7, 11) is 0. The van der Waals surface area contributed by atoms with Gasteiger partial charge in [0, 0.05) is 37.5 Å². The molecule has 0 aliphatic carbocycles. The second-order valence-corrected chi connectivity index (χ2v) is 13.8. The van der Waals surface area contributed by atoms with E-state index in [0.717, 1.165) is 22.9 Å². The summed E-state index contributed by atoms with van der Waals surface area (Å²) in [6.07, 6.45) is -7.81. The molecule has 294 valence electrons. The molecule has 3 aromatic rings. The number of nitrogens with one attached hydrogen (secondary N) is 1. The highest BCUT2D eigenvalue weighted by Gasteiger charge is 2.39. The van der Waals surface area contributed by atoms with Crippen LogP contribution in [0.5, 0.6) is 0 Å². The van der Waals surface area contributed by atoms with Crippen LogP contribution in [0.15, 0.2) is 41.3 Å². The highest BCUT2D eigenvalue weighted by atomic mass is 19.4. The summed E-state index contributed by atoms with van der Waals surface area (Å²) in [6, 6.07) is 0.834. The Morgan fingerprint density at radius 2 is 1.57 bits per heavy atom. The molecular formula is C38H41F8N3O5. The molecule has 2 aromatic carbocycles. The first-order valence-corrected chi connectivity index (χ1v) is 17.8. The normalized spacial score (nSPS) is 19.6. The number of carboxylic acid groups (broad SMARTS) is 1. The quantitative estimate of drug-likeness (QED) is 0.249. The van der Waals surface area contributed by atoms with Crippen LogP contribution in [0.25, 0.3) is 11.1 Å². The first-order valence-electron chi connectivity index (χ1n) is 17.8. The maximum absolute atomic E-state index is 16.0. The third kappa shape index (κ3) is 9.86. The van der Waals surface area contributed by atoms with E-state index in [0.29, 0.717) is 69.7 Å². The molecule has 2 aliphatic heterocycles. The van der Waals surface area contributed by atoms with Gasteiger partial charge in [0.25, 0.3) is 5.56 Å². The van der Waals surface area contributed by atoms with Crippen molar-refractivity contribution >= 4 is 11.9 Å². The number of halogens is 8. The molecule has 2 aliphatic rings. The molecule has 54 heavy (non-hydrogen) atoms. The number of aromatic nitrogens is 1. The zero-order valence-electron chi connectivity index (χ0n) is 29.5. The highest BCUT2D eigenvalue weighted by Crippen LogP contribution is 2.41. The van der Waals surface area contributed by atoms with Crippen LogP contribution in [0.2, 0.25) is 0 Å². The molecule has 1 amide bonds. The van der Waals surface area contributed by atoms with Gasteiger partial charge in [0.1, 0.15) is 17.7 Å². The number of rotatable bonds is 6. The van der Waals surface area contributed by atoms with Crippen LogP contribution in [0, 0.1) is 18.6 Å². The summed E-state index contributed by atoms with van der Waals surface area (Å²) in [5.74, 6) is -5.16. The second-order valence-electron chi connectivity index (χ2n) is 13.8. The maximum atomic E-state index is 16.0. The summed E-state index contributed by atoms with van der Waals surface area (Å²) in [4.78, 5) is 41.5. The number of fused-ring (bicyclic) bond motifs is 4. The summed E-state index contributed by atoms with van der Waals surface area (Å²) in [5.41, 5.74) is -4.53. The van der Waals surface area contributed by atoms with Crippen molar-refractivity contribution in [3.63, 3.8) is 0 Å². The number of hydrogen-bond donors (Lipinski definition) is 2. The predicted octanol–water partition coefficient (Wildman–Crippen LogP) is 7.78. The van der Waals surface area contributed by atoms with Crippen LogP contribution in [-0.2, 0) is 39.5 Å². The summed E-state index contributed by atoms with van der Waals surface area (Å²) in [5, 5.41) is 12.1. The molecule has 2 bridgehead atoms. The molecule has 5 rings (SSSR count). The number of carbonyl (C=O) groups is 2. The minimum absolute atomic E-state index is 0.108. The van der Waals surface area contributed by atoms with Crippen LogP contribution in [0.4, 0.5) is 35.1 Å². The molecule has 0 unspecified atom stereocenters. The zero-order chi connectivity index (χ0) is 39.4. The van der Waals surface area contributed by atoms with Crippen molar-refractivity contribution in [1.29, 1.82) is 0 Å². The number of morpholine rings is 1. The van der Waals surface area contributed by atoms with Gasteiger partial charge < -0.3 is 19.7 Å². The number of hydrogen-bond acceptors (Lipinski definition) is 5. The number of aliphatic carboxylic acids is 1. The Kier molecular flexibility index (Phi) is 12.9. The number of benzene rings is 2. The van der Waals surface area contributed by atoms with Gasteiger partial charge in [-0.1, -0.05) is 25.7 Å². The molecule has 8 nitrogen and oxygen atoms in total. The fourth-order valence-electron chi connectivity index (χ4n) is 7.34. The van der Waals surface area contributed by atoms with Crippen molar-refractivity contribution in [2.75, 3.05) is 32.8 Å². The average Bonchev–Trinajstić information content (AvgIpc) is 3.07. The molecule has 2 N–H and O–H groups in total. The molecule has 0 radical (unpaired) electrons. The van der Waals surface area contributed by atoms with Crippen molar-refractivity contribution in [3.8, 4) is 11.1 Å². The topological polar surface area (TPSA) is 101 Å². The number of pyridine rings is 1. The van der Waals surface area contributed by atoms with Crippen molar-refractivity contribution < 1.29 is 54.6 Å². The average molecular weight is 772 g/mol. The lowest BCUT2D eigenvalue weighted by Crippen LogP contribution is -2.41. The van der Waals surface area contributed by atoms with Crippen molar-refractivity contribution in [1.82, 2.24) is 14.8 Å². The fourth-order valence-corrected chi connectivity index (χ4v) is 7.34. The van der Waals surface area contributed by atoms with Crippen molar-refractivity contribution in [2.45, 2.75) is 89.1 Å². The number of nitrogens with zero attached hydrogens (tertiary/aromatic N) is 2. The lowest BCUT2D eigenvalue weighted by atomic mass is 9.87. The molecular weight excluding hydrogens is 730 g/mol. The maximum Gasteiger partial charge on any atom is 0.419 e. The molecule has 1 saturated heterocycles. The third-order valence-electron chi connectivity index (χ3n) is 9.98. The minimum Gasteiger partial charge on any atom is -0.481 e. The highest BCUT2D eigenvalue weighted by molar-refractivity contribution is 5.82. The smallest absolute Gasteiger partial charge is 0.419 e. The number of ether oxygens (including phenoxy) is 1. The number of carboxylic acids is 1. The molecule has 0 spiro atoms. The summed E-state index contributed by atoms with van der Waals surface area (Å²) in [6.45, 7) is 3.41. The van der Waals surface area contributed by atoms with E-state index in [1.165, 1.54) is 13.0 Å². The van der Waals surface area contributed by atoms with Crippen LogP contribution in [-0.4, -0.2) is 59.3 Å². The van der Waals surface area contributed by atoms with E-state index >= 15 is 4.39 Å². The van der Waals surface area contributed by atoms with Gasteiger partial charge >= 0.3 is 18.3 Å². The first kappa shape index (κ1) is 40.9. The van der Waals surface area contributed by atoms with E-state index < -0.39 is 76.6 Å². The van der Waals surface area contributed by atoms with Gasteiger partial charge in [-0.3, -0.25) is 19.3 Å². The Labute approximate surface area is 306 Å². The Balaban J connectivity index is 1.64. The van der Waals surface area contributed by atoms with Gasteiger partial charge in [-0.05, 0) is 84.7 Å². The van der Waals surface area contributed by atoms with Crippen LogP contribution in [0.1, 0.15) is 90.4 Å². The van der Waals surface area contributed by atoms with Crippen molar-refractivity contribution in [2.24, 2.45) is 0 Å². The van der Waals surface area contributed by atoms with Gasteiger partial charge in [-0.15, -0.1) is 0 Å². The van der Waals surface area contributed by atoms with E-state index in [1.54, 1.807) is 0 Å². The number of amides is 1. The van der Waals surface area contributed by atoms with Crippen LogP contribution < -0.4 is 10.9 Å². The Hall–Kier alpha value is -4.31. The van der Waals surface area contributed by atoms with E-state index in [4.69, 9.17) is 4.74 Å². The fraction of sp³-hybridized carbons (Fsp3) is 0.500. The van der Waals surface area contributed by atoms with Gasteiger partial charge in [-0.25, -0.2) is 8.78 Å². The van der Waals surface area contributed by atoms with E-state index in [-0.39, 0.29) is 54.5 Å². The number of alkyl halides is 6. The molecule has 1 fully saturated rings. The lowest BCUT2D eigenvalue weighted by molar-refractivity contribution is -0.140. The Morgan fingerprint density at radius 1 is 0.907 bits per heavy atom. The van der Waals surface area contributed by atoms with Gasteiger partial charge in [0.05, 0.1) is 36.8 Å². The molecule has 0 saturated carbocycles. The lowest BCUT2D eigenvalue weighted by Gasteiger charge is -2.28. The molecule has 2 atom stereocenters. The van der Waals surface area contributed by atoms with Gasteiger partial charge in [0.2, 0.25) is 5.91 Å². The van der Waals surface area contributed by atoms with Crippen molar-refractivity contribution in [3.05, 3.63) is 91.9 Å². The monoisotopic (exact) mass is 771 g/mol. The van der Waals surface area contributed by atoms with E-state index in [1.807, 2.05) is 4.90 Å². The zero-order valence-corrected chi connectivity index (χ0v) is 29.5. The standard InChI is InChI=1S/C38H41F8N3O5/c1-22-15-26(39)16-23-7-5-3-2-4-6-8-31(49-21-24(9-10-48-11-13-54-14-12-48)28(19-32(49)50)37(41,42)43)36(53)47-30(20-33(51)52)27-17-25(34(22)23)18-29(35(27)40)38(44,45)46/h15-19,21,30-31H,2-14,20H2,1H3,(H,47,53)(H,51,52)/t30-,31-/m0/s1. The Bertz CT molecular complexity index is 1900. The Morgan fingerprint density at radius 3 is 2.24 bits per heavy atom. The largest absolute Gasteiger partial charge is 0.481 e. The van der Waals surface area contributed by atoms with Crippen LogP contribution in [0.3, 0.4) is 0 Å². The van der Waals surface area contributed by atoms with Gasteiger partial charge in [0.15, 0.2) is 0 Å². The van der Waals surface area contributed by atoms with Gasteiger partial charge in [-0.2, -0.15) is 26.3 Å². The van der Waals surface area contributed by atoms with E-state index in [9.17, 15) is 50.2 Å². The number of carbonyl (C=O) groups excluding carboxylic acids is 1. The van der Waals surface area contributed by atoms with Crippen LogP contribution >= 0.6 is 0 Å². The minimum atomic E-state index is -5.27. The third-order valence-corrected chi connectivity index (χ3v) is 9.98.